The predicted octanol–water partition coefficient (Wildman–Crippen LogP) is 13.4. The molecule has 0 aliphatic rings. The highest BCUT2D eigenvalue weighted by Crippen LogP contribution is 2.44. The minimum atomic E-state index is 0.619. The van der Waals surface area contributed by atoms with Crippen molar-refractivity contribution >= 4 is 63.1 Å². The monoisotopic (exact) mass is 751 g/mol. The van der Waals surface area contributed by atoms with E-state index in [1.165, 1.54) is 19.7 Å². The first-order valence-corrected chi connectivity index (χ1v) is 20.0. The van der Waals surface area contributed by atoms with Gasteiger partial charge in [0, 0.05) is 58.1 Å². The van der Waals surface area contributed by atoms with Gasteiger partial charge in [-0.15, -0.1) is 22.7 Å². The molecule has 0 aliphatic heterocycles. The molecule has 0 atom stereocenters. The van der Waals surface area contributed by atoms with E-state index < -0.39 is 0 Å². The average molecular weight is 752 g/mol. The van der Waals surface area contributed by atoms with Gasteiger partial charge in [-0.25, -0.2) is 24.9 Å². The zero-order chi connectivity index (χ0) is 37.0. The van der Waals surface area contributed by atoms with Crippen molar-refractivity contribution in [2.75, 3.05) is 0 Å². The number of nitrogens with zero attached hydrogens (tertiary/aromatic N) is 5. The zero-order valence-corrected chi connectivity index (χ0v) is 31.4. The van der Waals surface area contributed by atoms with E-state index in [1.54, 1.807) is 22.7 Å². The fraction of sp³-hybridized carbons (Fsp3) is 0. The highest BCUT2D eigenvalue weighted by Gasteiger charge is 2.20. The number of fused-ring (bicyclic) bond motifs is 6. The molecule has 4 heterocycles. The molecule has 5 nitrogen and oxygen atoms in total. The molecule has 0 fully saturated rings. The van der Waals surface area contributed by atoms with Crippen LogP contribution in [0.25, 0.3) is 108 Å². The Bertz CT molecular complexity index is 3230. The molecule has 11 aromatic rings. The Morgan fingerprint density at radius 3 is 1.59 bits per heavy atom. The highest BCUT2D eigenvalue weighted by atomic mass is 32.1. The van der Waals surface area contributed by atoms with Gasteiger partial charge in [0.15, 0.2) is 23.3 Å². The third-order valence-corrected chi connectivity index (χ3v) is 12.5. The molecule has 0 saturated carbocycles. The second-order valence-corrected chi connectivity index (χ2v) is 15.8. The molecule has 0 amide bonds. The van der Waals surface area contributed by atoms with Crippen LogP contribution in [-0.4, -0.2) is 24.9 Å². The van der Waals surface area contributed by atoms with Crippen molar-refractivity contribution in [3.05, 3.63) is 176 Å². The SMILES string of the molecule is c1ccc(-c2ccc(-c3nc(-c4ccccc4)nc(-c4ccc5sc6cccc(-c7nc(-c8ccccc8)c8sc9ccccc9c8n7)c6c5c4)n3)cc2)cc1. The van der Waals surface area contributed by atoms with Crippen molar-refractivity contribution in [1.82, 2.24) is 24.9 Å². The fourth-order valence-electron chi connectivity index (χ4n) is 7.45. The Morgan fingerprint density at radius 1 is 0.321 bits per heavy atom. The van der Waals surface area contributed by atoms with E-state index in [0.29, 0.717) is 23.3 Å². The second kappa shape index (κ2) is 13.4. The fourth-order valence-corrected chi connectivity index (χ4v) is 9.71. The van der Waals surface area contributed by atoms with Gasteiger partial charge in [0.2, 0.25) is 0 Å². The lowest BCUT2D eigenvalue weighted by atomic mass is 10.0. The molecule has 7 aromatic carbocycles. The maximum absolute atomic E-state index is 5.34. The van der Waals surface area contributed by atoms with Gasteiger partial charge >= 0.3 is 0 Å². The summed E-state index contributed by atoms with van der Waals surface area (Å²) in [6, 6.07) is 60.9. The quantitative estimate of drug-likeness (QED) is 0.169. The maximum atomic E-state index is 5.34. The zero-order valence-electron chi connectivity index (χ0n) is 29.8. The molecule has 0 aliphatic carbocycles. The molecule has 0 radical (unpaired) electrons. The molecule has 56 heavy (non-hydrogen) atoms. The molecule has 0 bridgehead atoms. The minimum Gasteiger partial charge on any atom is -0.226 e. The molecule has 0 N–H and O–H groups in total. The number of rotatable bonds is 6. The van der Waals surface area contributed by atoms with Crippen molar-refractivity contribution in [3.63, 3.8) is 0 Å². The molecule has 0 unspecified atom stereocenters. The first-order chi connectivity index (χ1) is 27.7. The summed E-state index contributed by atoms with van der Waals surface area (Å²) < 4.78 is 4.65. The van der Waals surface area contributed by atoms with Gasteiger partial charge in [-0.3, -0.25) is 0 Å². The Labute approximate surface area is 330 Å². The third kappa shape index (κ3) is 5.64. The number of benzene rings is 7. The van der Waals surface area contributed by atoms with E-state index in [0.717, 1.165) is 65.4 Å². The molecular formula is C49H29N5S2. The van der Waals surface area contributed by atoms with Crippen LogP contribution < -0.4 is 0 Å². The number of aromatic nitrogens is 5. The lowest BCUT2D eigenvalue weighted by molar-refractivity contribution is 1.07. The van der Waals surface area contributed by atoms with E-state index in [9.17, 15) is 0 Å². The molecule has 0 spiro atoms. The average Bonchev–Trinajstić information content (AvgIpc) is 3.85. The summed E-state index contributed by atoms with van der Waals surface area (Å²) in [4.78, 5) is 25.9. The number of hydrogen-bond donors (Lipinski definition) is 0. The van der Waals surface area contributed by atoms with Crippen LogP contribution in [0.5, 0.6) is 0 Å². The van der Waals surface area contributed by atoms with E-state index in [-0.39, 0.29) is 0 Å². The van der Waals surface area contributed by atoms with Crippen molar-refractivity contribution in [3.8, 4) is 67.9 Å². The van der Waals surface area contributed by atoms with Crippen LogP contribution in [0.1, 0.15) is 0 Å². The first kappa shape index (κ1) is 32.5. The summed E-state index contributed by atoms with van der Waals surface area (Å²) in [6.45, 7) is 0. The molecule has 11 rings (SSSR count). The van der Waals surface area contributed by atoms with Crippen LogP contribution in [-0.2, 0) is 0 Å². The van der Waals surface area contributed by atoms with E-state index >= 15 is 0 Å². The van der Waals surface area contributed by atoms with Gasteiger partial charge in [0.05, 0.1) is 15.9 Å². The summed E-state index contributed by atoms with van der Waals surface area (Å²) in [7, 11) is 0. The Kier molecular flexibility index (Phi) is 7.79. The van der Waals surface area contributed by atoms with Gasteiger partial charge in [-0.2, -0.15) is 0 Å². The Morgan fingerprint density at radius 2 is 0.857 bits per heavy atom. The van der Waals surface area contributed by atoms with Gasteiger partial charge < -0.3 is 0 Å². The molecule has 0 saturated heterocycles. The van der Waals surface area contributed by atoms with Crippen LogP contribution in [0.3, 0.4) is 0 Å². The second-order valence-electron chi connectivity index (χ2n) is 13.6. The largest absolute Gasteiger partial charge is 0.226 e. The lowest BCUT2D eigenvalue weighted by Crippen LogP contribution is -2.00. The lowest BCUT2D eigenvalue weighted by Gasteiger charge is -2.10. The van der Waals surface area contributed by atoms with E-state index in [1.807, 2.05) is 42.5 Å². The highest BCUT2D eigenvalue weighted by molar-refractivity contribution is 7.26. The normalized spacial score (nSPS) is 11.6. The van der Waals surface area contributed by atoms with Crippen molar-refractivity contribution < 1.29 is 0 Å². The minimum absolute atomic E-state index is 0.619. The summed E-state index contributed by atoms with van der Waals surface area (Å²) >= 11 is 3.53. The summed E-state index contributed by atoms with van der Waals surface area (Å²) in [6.07, 6.45) is 0. The molecule has 262 valence electrons. The predicted molar refractivity (Wildman–Crippen MR) is 234 cm³/mol. The third-order valence-electron chi connectivity index (χ3n) is 10.2. The van der Waals surface area contributed by atoms with Gasteiger partial charge in [-0.05, 0) is 41.5 Å². The van der Waals surface area contributed by atoms with Crippen molar-refractivity contribution in [2.45, 2.75) is 0 Å². The van der Waals surface area contributed by atoms with Crippen LogP contribution in [0.2, 0.25) is 0 Å². The molecule has 7 heteroatoms. The Hall–Kier alpha value is -6.93. The molecule has 4 aromatic heterocycles. The summed E-state index contributed by atoms with van der Waals surface area (Å²) in [5.41, 5.74) is 9.10. The first-order valence-electron chi connectivity index (χ1n) is 18.4. The maximum Gasteiger partial charge on any atom is 0.164 e. The van der Waals surface area contributed by atoms with Crippen molar-refractivity contribution in [2.24, 2.45) is 0 Å². The van der Waals surface area contributed by atoms with Crippen LogP contribution in [0.4, 0.5) is 0 Å². The Balaban J connectivity index is 1.09. The van der Waals surface area contributed by atoms with Gasteiger partial charge in [-0.1, -0.05) is 146 Å². The summed E-state index contributed by atoms with van der Waals surface area (Å²) in [5, 5.41) is 3.39. The number of hydrogen-bond acceptors (Lipinski definition) is 7. The summed E-state index contributed by atoms with van der Waals surface area (Å²) in [5.74, 6) is 2.59. The van der Waals surface area contributed by atoms with E-state index in [2.05, 4.69) is 133 Å². The van der Waals surface area contributed by atoms with Crippen LogP contribution in [0, 0.1) is 0 Å². The topological polar surface area (TPSA) is 64.5 Å². The van der Waals surface area contributed by atoms with E-state index in [4.69, 9.17) is 24.9 Å². The standard InChI is InChI=1S/C49H29N5S2/c1-4-13-30(14-5-1)31-23-25-34(26-24-31)47-52-46(33-17-8-3-9-18-33)53-48(54-47)35-27-28-40-38(29-35)42-37(20-12-22-41(42)55-40)49-50-43(32-15-6-2-7-16-32)45-44(51-49)36-19-10-11-21-39(36)56-45/h1-29H. The van der Waals surface area contributed by atoms with Crippen LogP contribution >= 0.6 is 22.7 Å². The van der Waals surface area contributed by atoms with Crippen molar-refractivity contribution in [1.29, 1.82) is 0 Å². The van der Waals surface area contributed by atoms with Crippen LogP contribution in [0.15, 0.2) is 176 Å². The molecular weight excluding hydrogens is 723 g/mol. The smallest absolute Gasteiger partial charge is 0.164 e. The van der Waals surface area contributed by atoms with Gasteiger partial charge in [0.25, 0.3) is 0 Å². The number of thiophene rings is 2. The van der Waals surface area contributed by atoms with Gasteiger partial charge in [0.1, 0.15) is 0 Å².